The molecule has 7 nitrogen and oxygen atoms in total. The number of carbonyl (C=O) groups excluding carboxylic acids is 2. The predicted octanol–water partition coefficient (Wildman–Crippen LogP) is 10.8. The molecule has 0 radical (unpaired) electrons. The zero-order chi connectivity index (χ0) is 37.3. The average Bonchev–Trinajstić information content (AvgIpc) is 3.13. The van der Waals surface area contributed by atoms with Gasteiger partial charge in [0.2, 0.25) is 5.78 Å². The number of allylic oxidation sites excluding steroid dienone is 5. The summed E-state index contributed by atoms with van der Waals surface area (Å²) < 4.78 is 13.0. The van der Waals surface area contributed by atoms with Gasteiger partial charge in [0.05, 0.1) is 29.9 Å². The normalized spacial score (nSPS) is 17.2. The Morgan fingerprint density at radius 3 is 1.71 bits per heavy atom. The summed E-state index contributed by atoms with van der Waals surface area (Å²) in [5.41, 5.74) is 2.80. The van der Waals surface area contributed by atoms with Gasteiger partial charge in [-0.1, -0.05) is 93.9 Å². The molecule has 0 heterocycles. The lowest BCUT2D eigenvalue weighted by Crippen LogP contribution is -2.31. The number of hydrogen-bond donors (Lipinski definition) is 1. The van der Waals surface area contributed by atoms with E-state index in [9.17, 15) is 14.7 Å². The van der Waals surface area contributed by atoms with E-state index in [1.807, 2.05) is 24.3 Å². The van der Waals surface area contributed by atoms with Crippen molar-refractivity contribution in [3.05, 3.63) is 64.3 Å². The van der Waals surface area contributed by atoms with E-state index >= 15 is 0 Å². The van der Waals surface area contributed by atoms with E-state index in [2.05, 4.69) is 65.2 Å². The van der Waals surface area contributed by atoms with Crippen LogP contribution in [0.25, 0.3) is 5.57 Å². The number of ketones is 2. The second-order valence-corrected chi connectivity index (χ2v) is 14.4. The van der Waals surface area contributed by atoms with Gasteiger partial charge < -0.3 is 24.4 Å². The van der Waals surface area contributed by atoms with E-state index in [1.165, 1.54) is 0 Å². The third-order valence-corrected chi connectivity index (χ3v) is 10.2. The van der Waals surface area contributed by atoms with Crippen molar-refractivity contribution in [2.45, 2.75) is 132 Å². The van der Waals surface area contributed by atoms with Crippen LogP contribution in [0.1, 0.15) is 138 Å². The summed E-state index contributed by atoms with van der Waals surface area (Å²) in [4.78, 5) is 32.8. The fourth-order valence-corrected chi connectivity index (χ4v) is 7.07. The van der Waals surface area contributed by atoms with E-state index in [4.69, 9.17) is 9.47 Å². The van der Waals surface area contributed by atoms with Gasteiger partial charge in [-0.05, 0) is 62.5 Å². The molecule has 1 aromatic carbocycles. The van der Waals surface area contributed by atoms with Crippen molar-refractivity contribution < 1.29 is 24.2 Å². The second kappa shape index (κ2) is 21.8. The van der Waals surface area contributed by atoms with E-state index in [-0.39, 0.29) is 34.0 Å². The first-order valence-corrected chi connectivity index (χ1v) is 20.3. The fourth-order valence-electron chi connectivity index (χ4n) is 7.07. The highest BCUT2D eigenvalue weighted by Crippen LogP contribution is 2.45. The van der Waals surface area contributed by atoms with Gasteiger partial charge in [-0.2, -0.15) is 0 Å². The maximum Gasteiger partial charge on any atom is 0.202 e. The SMILES string of the molecule is CCCCC(CC)COC1=CC(N(CCC)CCC)=CC(=O)/C1=C1\C(=O)C(c2ccc(N(CCC)CCC)cc2OCC(CC)CCCC)=C1O. The Morgan fingerprint density at radius 2 is 1.20 bits per heavy atom. The lowest BCUT2D eigenvalue weighted by Gasteiger charge is -2.31. The summed E-state index contributed by atoms with van der Waals surface area (Å²) in [5.74, 6) is 0.883. The quantitative estimate of drug-likeness (QED) is 0.102. The van der Waals surface area contributed by atoms with Crippen LogP contribution in [-0.4, -0.2) is 61.0 Å². The molecule has 1 N–H and O–H groups in total. The molecule has 0 bridgehead atoms. The van der Waals surface area contributed by atoms with Gasteiger partial charge in [-0.3, -0.25) is 9.59 Å². The second-order valence-electron chi connectivity index (χ2n) is 14.4. The Labute approximate surface area is 309 Å². The Balaban J connectivity index is 2.12. The molecule has 0 aliphatic heterocycles. The number of carbonyl (C=O) groups is 2. The van der Waals surface area contributed by atoms with Crippen molar-refractivity contribution in [1.29, 1.82) is 0 Å². The summed E-state index contributed by atoms with van der Waals surface area (Å²) in [7, 11) is 0. The van der Waals surface area contributed by atoms with Gasteiger partial charge in [0.25, 0.3) is 0 Å². The van der Waals surface area contributed by atoms with Gasteiger partial charge in [0, 0.05) is 61.3 Å². The molecule has 2 aliphatic carbocycles. The van der Waals surface area contributed by atoms with Crippen molar-refractivity contribution in [1.82, 2.24) is 4.90 Å². The molecular weight excluding hydrogens is 636 g/mol. The van der Waals surface area contributed by atoms with Crippen LogP contribution in [-0.2, 0) is 14.3 Å². The number of unbranched alkanes of at least 4 members (excludes halogenated alkanes) is 2. The van der Waals surface area contributed by atoms with E-state index in [0.29, 0.717) is 42.1 Å². The smallest absolute Gasteiger partial charge is 0.202 e. The van der Waals surface area contributed by atoms with Crippen LogP contribution in [0.5, 0.6) is 5.75 Å². The number of hydrogen-bond acceptors (Lipinski definition) is 7. The van der Waals surface area contributed by atoms with Crippen LogP contribution in [0.2, 0.25) is 0 Å². The van der Waals surface area contributed by atoms with Gasteiger partial charge in [0.1, 0.15) is 17.3 Å². The molecule has 2 unspecified atom stereocenters. The molecule has 0 fully saturated rings. The van der Waals surface area contributed by atoms with Gasteiger partial charge in [0.15, 0.2) is 5.78 Å². The first-order chi connectivity index (χ1) is 24.7. The lowest BCUT2D eigenvalue weighted by atomic mass is 9.78. The third-order valence-electron chi connectivity index (χ3n) is 10.2. The van der Waals surface area contributed by atoms with Gasteiger partial charge in [-0.25, -0.2) is 0 Å². The minimum atomic E-state index is -0.353. The molecular formula is C44H68N2O5. The molecule has 0 amide bonds. The Hall–Kier alpha value is -3.48. The standard InChI is InChI=1S/C44H68N2O5/c1-9-17-19-32(15-7)30-50-38-28-34(45(23-11-3)24-12-4)21-22-36(38)40-43(48)42(44(40)49)41-37(47)27-35(46(25-13-5)26-14-6)29-39(41)51-31-33(16-8)20-18-10-2/h21-22,27-29,32-33,48H,9-20,23-26,30-31H2,1-8H3/b42-41+. The highest BCUT2D eigenvalue weighted by molar-refractivity contribution is 6.41. The molecule has 284 valence electrons. The molecule has 51 heavy (non-hydrogen) atoms. The molecule has 2 aliphatic rings. The number of ether oxygens (including phenoxy) is 2. The predicted molar refractivity (Wildman–Crippen MR) is 212 cm³/mol. The largest absolute Gasteiger partial charge is 0.506 e. The number of nitrogens with zero attached hydrogens (tertiary/aromatic N) is 2. The van der Waals surface area contributed by atoms with Crippen LogP contribution < -0.4 is 9.64 Å². The maximum atomic E-state index is 14.2. The Morgan fingerprint density at radius 1 is 0.647 bits per heavy atom. The Bertz CT molecular complexity index is 1410. The zero-order valence-electron chi connectivity index (χ0n) is 33.2. The van der Waals surface area contributed by atoms with Crippen molar-refractivity contribution in [3.8, 4) is 5.75 Å². The summed E-state index contributed by atoms with van der Waals surface area (Å²) >= 11 is 0. The minimum Gasteiger partial charge on any atom is -0.506 e. The van der Waals surface area contributed by atoms with Crippen LogP contribution >= 0.6 is 0 Å². The van der Waals surface area contributed by atoms with E-state index in [1.54, 1.807) is 6.08 Å². The fraction of sp³-hybridized carbons (Fsp3) is 0.636. The molecule has 7 heteroatoms. The number of anilines is 1. The number of Topliss-reactive ketones (excluding diaryl/α,β-unsaturated/α-hetero) is 1. The van der Waals surface area contributed by atoms with Crippen molar-refractivity contribution in [2.24, 2.45) is 11.8 Å². The molecule has 1 aromatic rings. The molecule has 2 atom stereocenters. The minimum absolute atomic E-state index is 0.0405. The highest BCUT2D eigenvalue weighted by Gasteiger charge is 2.42. The molecule has 0 saturated carbocycles. The average molecular weight is 705 g/mol. The van der Waals surface area contributed by atoms with Crippen LogP contribution in [0.3, 0.4) is 0 Å². The van der Waals surface area contributed by atoms with Gasteiger partial charge in [-0.15, -0.1) is 0 Å². The van der Waals surface area contributed by atoms with Crippen molar-refractivity contribution in [3.63, 3.8) is 0 Å². The monoisotopic (exact) mass is 705 g/mol. The summed E-state index contributed by atoms with van der Waals surface area (Å²) in [5, 5.41) is 11.7. The molecule has 3 rings (SSSR count). The Kier molecular flexibility index (Phi) is 17.9. The first-order valence-electron chi connectivity index (χ1n) is 20.3. The number of rotatable bonds is 25. The first kappa shape index (κ1) is 41.9. The maximum absolute atomic E-state index is 14.2. The molecule has 0 aromatic heterocycles. The lowest BCUT2D eigenvalue weighted by molar-refractivity contribution is -0.114. The summed E-state index contributed by atoms with van der Waals surface area (Å²) in [6.07, 6.45) is 16.0. The molecule has 0 spiro atoms. The number of aliphatic hydroxyl groups is 1. The van der Waals surface area contributed by atoms with Crippen LogP contribution in [0.15, 0.2) is 58.7 Å². The van der Waals surface area contributed by atoms with E-state index in [0.717, 1.165) is 115 Å². The summed E-state index contributed by atoms with van der Waals surface area (Å²) in [6.45, 7) is 21.8. The number of aliphatic hydroxyl groups excluding tert-OH is 1. The topological polar surface area (TPSA) is 79.3 Å². The van der Waals surface area contributed by atoms with Crippen molar-refractivity contribution >= 4 is 22.8 Å². The summed E-state index contributed by atoms with van der Waals surface area (Å²) in [6, 6.07) is 5.95. The highest BCUT2D eigenvalue weighted by atomic mass is 16.5. The molecule has 0 saturated heterocycles. The van der Waals surface area contributed by atoms with Crippen LogP contribution in [0, 0.1) is 11.8 Å². The van der Waals surface area contributed by atoms with E-state index < -0.39 is 0 Å². The third kappa shape index (κ3) is 11.0. The van der Waals surface area contributed by atoms with Crippen LogP contribution in [0.4, 0.5) is 5.69 Å². The van der Waals surface area contributed by atoms with Gasteiger partial charge >= 0.3 is 0 Å². The zero-order valence-corrected chi connectivity index (χ0v) is 33.2. The van der Waals surface area contributed by atoms with Crippen molar-refractivity contribution in [2.75, 3.05) is 44.3 Å². The number of benzene rings is 1.